The maximum atomic E-state index is 12.3. The molecule has 4 heteroatoms. The molecule has 17 heavy (non-hydrogen) atoms. The molecular weight excluding hydrogens is 214 g/mol. The van der Waals surface area contributed by atoms with Crippen LogP contribution in [0.25, 0.3) is 0 Å². The van der Waals surface area contributed by atoms with E-state index in [4.69, 9.17) is 0 Å². The number of aromatic nitrogens is 1. The Bertz CT molecular complexity index is 513. The highest BCUT2D eigenvalue weighted by atomic mass is 16.1. The Hall–Kier alpha value is -1.55. The summed E-state index contributed by atoms with van der Waals surface area (Å²) in [4.78, 5) is 19.7. The molecule has 1 aromatic heterocycles. The molecule has 0 radical (unpaired) electrons. The smallest absolute Gasteiger partial charge is 0.225 e. The van der Waals surface area contributed by atoms with Crippen LogP contribution in [0.5, 0.6) is 0 Å². The van der Waals surface area contributed by atoms with Gasteiger partial charge in [-0.15, -0.1) is 0 Å². The van der Waals surface area contributed by atoms with Crippen molar-refractivity contribution in [2.75, 3.05) is 27.7 Å². The van der Waals surface area contributed by atoms with Crippen LogP contribution in [-0.2, 0) is 6.42 Å². The molecule has 3 rings (SSSR count). The second-order valence-corrected chi connectivity index (χ2v) is 5.05. The summed E-state index contributed by atoms with van der Waals surface area (Å²) in [5, 5.41) is 0. The first-order valence-corrected chi connectivity index (χ1v) is 5.94. The number of hydrogen-bond donors (Lipinski definition) is 1. The zero-order chi connectivity index (χ0) is 12.2. The number of H-pyrrole nitrogens is 1. The Balaban J connectivity index is 2.17. The van der Waals surface area contributed by atoms with Gasteiger partial charge in [0.25, 0.3) is 0 Å². The molecule has 90 valence electrons. The third kappa shape index (κ3) is 1.37. The summed E-state index contributed by atoms with van der Waals surface area (Å²) in [6.07, 6.45) is 5.10. The summed E-state index contributed by atoms with van der Waals surface area (Å²) in [6.45, 7) is 1.04. The molecule has 0 amide bonds. The molecule has 0 saturated heterocycles. The largest absolute Gasteiger partial charge is 0.375 e. The minimum absolute atomic E-state index is 0.114. The number of aromatic amines is 1. The predicted molar refractivity (Wildman–Crippen MR) is 66.0 cm³/mol. The van der Waals surface area contributed by atoms with Crippen molar-refractivity contribution in [1.29, 1.82) is 0 Å². The summed E-state index contributed by atoms with van der Waals surface area (Å²) in [5.74, 6) is 0.114. The SMILES string of the molecule is CN(C)C1=CC2c3c(c[nH]c3C1=O)CCN2C. The molecule has 1 unspecified atom stereocenters. The first-order chi connectivity index (χ1) is 8.09. The van der Waals surface area contributed by atoms with E-state index in [-0.39, 0.29) is 11.8 Å². The van der Waals surface area contributed by atoms with Crippen LogP contribution in [0.2, 0.25) is 0 Å². The predicted octanol–water partition coefficient (Wildman–Crippen LogP) is 1.19. The summed E-state index contributed by atoms with van der Waals surface area (Å²) < 4.78 is 0. The molecule has 0 aromatic carbocycles. The van der Waals surface area contributed by atoms with E-state index in [1.54, 1.807) is 0 Å². The molecule has 2 heterocycles. The standard InChI is InChI=1S/C13H17N3O/c1-15(2)10-6-9-11-8(4-5-16(9)3)7-14-12(11)13(10)17/h6-7,9,14H,4-5H2,1-3H3. The molecule has 0 fully saturated rings. The van der Waals surface area contributed by atoms with E-state index in [0.29, 0.717) is 0 Å². The van der Waals surface area contributed by atoms with E-state index in [0.717, 1.165) is 24.4 Å². The Morgan fingerprint density at radius 2 is 2.24 bits per heavy atom. The van der Waals surface area contributed by atoms with Crippen LogP contribution in [-0.4, -0.2) is 48.3 Å². The summed E-state index contributed by atoms with van der Waals surface area (Å²) in [6, 6.07) is 0.245. The minimum atomic E-state index is 0.114. The lowest BCUT2D eigenvalue weighted by atomic mass is 9.88. The maximum absolute atomic E-state index is 12.3. The Kier molecular flexibility index (Phi) is 2.16. The number of likely N-dealkylation sites (N-methyl/N-ethyl adjacent to an activating group) is 2. The van der Waals surface area contributed by atoms with Gasteiger partial charge in [-0.1, -0.05) is 0 Å². The molecular formula is C13H17N3O. The molecule has 4 nitrogen and oxygen atoms in total. The highest BCUT2D eigenvalue weighted by Gasteiger charge is 2.35. The molecule has 1 aliphatic heterocycles. The van der Waals surface area contributed by atoms with E-state index < -0.39 is 0 Å². The zero-order valence-corrected chi connectivity index (χ0v) is 10.4. The Morgan fingerprint density at radius 3 is 2.94 bits per heavy atom. The highest BCUT2D eigenvalue weighted by molar-refractivity contribution is 6.09. The topological polar surface area (TPSA) is 39.3 Å². The lowest BCUT2D eigenvalue weighted by molar-refractivity contribution is 0.0987. The normalized spacial score (nSPS) is 23.4. The minimum Gasteiger partial charge on any atom is -0.375 e. The van der Waals surface area contributed by atoms with Crippen molar-refractivity contribution in [3.05, 3.63) is 34.8 Å². The quantitative estimate of drug-likeness (QED) is 0.789. The lowest BCUT2D eigenvalue weighted by Gasteiger charge is -2.35. The fourth-order valence-electron chi connectivity index (χ4n) is 2.78. The molecule has 0 saturated carbocycles. The van der Waals surface area contributed by atoms with Gasteiger partial charge in [0, 0.05) is 32.4 Å². The number of hydrogen-bond acceptors (Lipinski definition) is 3. The molecule has 0 bridgehead atoms. The number of nitrogens with zero attached hydrogens (tertiary/aromatic N) is 2. The van der Waals surface area contributed by atoms with E-state index in [2.05, 4.69) is 23.0 Å². The fraction of sp³-hybridized carbons (Fsp3) is 0.462. The van der Waals surface area contributed by atoms with Crippen LogP contribution in [0.3, 0.4) is 0 Å². The maximum Gasteiger partial charge on any atom is 0.225 e. The number of rotatable bonds is 1. The number of Topliss-reactive ketones (excluding diaryl/α,β-unsaturated/α-hetero) is 1. The second-order valence-electron chi connectivity index (χ2n) is 5.05. The van der Waals surface area contributed by atoms with Gasteiger partial charge in [0.15, 0.2) is 0 Å². The van der Waals surface area contributed by atoms with E-state index in [1.165, 1.54) is 11.1 Å². The molecule has 2 aliphatic rings. The average Bonchev–Trinajstić information content (AvgIpc) is 2.71. The molecule has 1 aromatic rings. The highest BCUT2D eigenvalue weighted by Crippen LogP contribution is 2.37. The van der Waals surface area contributed by atoms with Crippen molar-refractivity contribution in [2.45, 2.75) is 12.5 Å². The van der Waals surface area contributed by atoms with Crippen LogP contribution >= 0.6 is 0 Å². The molecule has 1 N–H and O–H groups in total. The van der Waals surface area contributed by atoms with Gasteiger partial charge in [0.2, 0.25) is 5.78 Å². The molecule has 0 spiro atoms. The molecule has 1 atom stereocenters. The zero-order valence-electron chi connectivity index (χ0n) is 10.4. The van der Waals surface area contributed by atoms with Gasteiger partial charge in [-0.2, -0.15) is 0 Å². The Morgan fingerprint density at radius 1 is 1.47 bits per heavy atom. The summed E-state index contributed by atoms with van der Waals surface area (Å²) in [5.41, 5.74) is 4.05. The number of ketones is 1. The van der Waals surface area contributed by atoms with Gasteiger partial charge in [-0.3, -0.25) is 9.69 Å². The number of carbonyl (C=O) groups excluding carboxylic acids is 1. The van der Waals surface area contributed by atoms with Gasteiger partial charge in [-0.25, -0.2) is 0 Å². The van der Waals surface area contributed by atoms with Crippen molar-refractivity contribution in [3.8, 4) is 0 Å². The van der Waals surface area contributed by atoms with E-state index in [9.17, 15) is 4.79 Å². The number of nitrogens with one attached hydrogen (secondary N) is 1. The van der Waals surface area contributed by atoms with E-state index in [1.807, 2.05) is 25.2 Å². The second kappa shape index (κ2) is 3.47. The van der Waals surface area contributed by atoms with E-state index >= 15 is 0 Å². The third-order valence-electron chi connectivity index (χ3n) is 3.77. The van der Waals surface area contributed by atoms with Gasteiger partial charge in [0.1, 0.15) is 0 Å². The van der Waals surface area contributed by atoms with Gasteiger partial charge >= 0.3 is 0 Å². The van der Waals surface area contributed by atoms with Crippen LogP contribution in [0.1, 0.15) is 27.7 Å². The number of carbonyl (C=O) groups is 1. The van der Waals surface area contributed by atoms with Gasteiger partial charge in [-0.05, 0) is 25.1 Å². The lowest BCUT2D eigenvalue weighted by Crippen LogP contribution is -2.36. The van der Waals surface area contributed by atoms with Crippen molar-refractivity contribution >= 4 is 5.78 Å². The summed E-state index contributed by atoms with van der Waals surface area (Å²) >= 11 is 0. The van der Waals surface area contributed by atoms with Crippen molar-refractivity contribution in [3.63, 3.8) is 0 Å². The summed E-state index contributed by atoms with van der Waals surface area (Å²) in [7, 11) is 5.95. The van der Waals surface area contributed by atoms with Gasteiger partial charge in [0.05, 0.1) is 17.4 Å². The van der Waals surface area contributed by atoms with Crippen molar-refractivity contribution in [1.82, 2.24) is 14.8 Å². The monoisotopic (exact) mass is 231 g/mol. The van der Waals surface area contributed by atoms with Crippen LogP contribution < -0.4 is 0 Å². The molecule has 1 aliphatic carbocycles. The van der Waals surface area contributed by atoms with Crippen LogP contribution in [0, 0.1) is 0 Å². The Labute approximate surface area is 101 Å². The third-order valence-corrected chi connectivity index (χ3v) is 3.77. The van der Waals surface area contributed by atoms with Crippen LogP contribution in [0.15, 0.2) is 18.0 Å². The fourth-order valence-corrected chi connectivity index (χ4v) is 2.78. The number of allylic oxidation sites excluding steroid dienone is 1. The first kappa shape index (κ1) is 10.6. The van der Waals surface area contributed by atoms with Crippen LogP contribution in [0.4, 0.5) is 0 Å². The van der Waals surface area contributed by atoms with Gasteiger partial charge < -0.3 is 9.88 Å². The van der Waals surface area contributed by atoms with Crippen molar-refractivity contribution < 1.29 is 4.79 Å². The first-order valence-electron chi connectivity index (χ1n) is 5.94. The van der Waals surface area contributed by atoms with Crippen molar-refractivity contribution in [2.24, 2.45) is 0 Å². The average molecular weight is 231 g/mol.